The summed E-state index contributed by atoms with van der Waals surface area (Å²) in [5, 5.41) is 14.9. The number of aliphatic hydroxyl groups excluding tert-OH is 1. The molecule has 3 N–H and O–H groups in total. The molecule has 0 fully saturated rings. The van der Waals surface area contributed by atoms with Crippen LogP contribution in [0.15, 0.2) is 42.7 Å². The number of rotatable bonds is 8. The van der Waals surface area contributed by atoms with Gasteiger partial charge in [-0.15, -0.1) is 0 Å². The van der Waals surface area contributed by atoms with Gasteiger partial charge < -0.3 is 25.0 Å². The summed E-state index contributed by atoms with van der Waals surface area (Å²) in [5.41, 5.74) is 0. The molecule has 0 aliphatic carbocycles. The lowest BCUT2D eigenvalue weighted by Crippen LogP contribution is -2.42. The molecule has 2 rings (SSSR count). The van der Waals surface area contributed by atoms with E-state index in [1.54, 1.807) is 0 Å². The van der Waals surface area contributed by atoms with Gasteiger partial charge in [0.25, 0.3) is 0 Å². The Morgan fingerprint density at radius 3 is 2.67 bits per heavy atom. The van der Waals surface area contributed by atoms with Crippen molar-refractivity contribution in [1.82, 2.24) is 15.2 Å². The van der Waals surface area contributed by atoms with Crippen molar-refractivity contribution in [2.45, 2.75) is 12.6 Å². The van der Waals surface area contributed by atoms with Crippen molar-refractivity contribution < 1.29 is 23.4 Å². The summed E-state index contributed by atoms with van der Waals surface area (Å²) in [6, 6.07) is 6.46. The molecule has 1 aromatic carbocycles. The highest BCUT2D eigenvalue weighted by atomic mass is 19.2. The van der Waals surface area contributed by atoms with Crippen LogP contribution in [0.3, 0.4) is 0 Å². The van der Waals surface area contributed by atoms with Gasteiger partial charge in [-0.2, -0.15) is 0 Å². The highest BCUT2D eigenvalue weighted by Crippen LogP contribution is 2.15. The number of carbonyl (C=O) groups is 1. The molecule has 2 aromatic rings. The molecule has 0 radical (unpaired) electrons. The van der Waals surface area contributed by atoms with Gasteiger partial charge in [-0.25, -0.2) is 13.6 Å². The fourth-order valence-electron chi connectivity index (χ4n) is 1.91. The Bertz CT molecular complexity index is 650. The monoisotopic (exact) mass is 339 g/mol. The zero-order chi connectivity index (χ0) is 17.4. The molecule has 0 aliphatic rings. The van der Waals surface area contributed by atoms with Gasteiger partial charge in [-0.1, -0.05) is 0 Å². The van der Waals surface area contributed by atoms with E-state index in [4.69, 9.17) is 4.74 Å². The minimum Gasteiger partial charge on any atom is -0.491 e. The molecule has 0 saturated carbocycles. The number of ether oxygens (including phenoxy) is 1. The molecule has 0 aliphatic heterocycles. The van der Waals surface area contributed by atoms with E-state index >= 15 is 0 Å². The summed E-state index contributed by atoms with van der Waals surface area (Å²) in [6.45, 7) is 0.901. The van der Waals surface area contributed by atoms with Crippen LogP contribution in [0.2, 0.25) is 0 Å². The summed E-state index contributed by atoms with van der Waals surface area (Å²) < 4.78 is 32.8. The first-order valence-electron chi connectivity index (χ1n) is 7.43. The van der Waals surface area contributed by atoms with Crippen molar-refractivity contribution >= 4 is 6.03 Å². The zero-order valence-electron chi connectivity index (χ0n) is 12.9. The van der Waals surface area contributed by atoms with Gasteiger partial charge in [-0.05, 0) is 24.3 Å². The Hall–Kier alpha value is -2.61. The lowest BCUT2D eigenvalue weighted by Gasteiger charge is -2.14. The maximum atomic E-state index is 13.0. The molecule has 0 bridgehead atoms. The average molecular weight is 339 g/mol. The van der Waals surface area contributed by atoms with Crippen molar-refractivity contribution in [3.05, 3.63) is 54.4 Å². The van der Waals surface area contributed by atoms with E-state index in [2.05, 4.69) is 10.6 Å². The van der Waals surface area contributed by atoms with Crippen LogP contribution in [0, 0.1) is 11.6 Å². The SMILES string of the molecule is O=C(NCCn1cccc1)NCC(O)COc1ccc(F)c(F)c1. The zero-order valence-corrected chi connectivity index (χ0v) is 12.9. The molecule has 0 saturated heterocycles. The van der Waals surface area contributed by atoms with Gasteiger partial charge in [-0.3, -0.25) is 0 Å². The van der Waals surface area contributed by atoms with Crippen LogP contribution in [0.1, 0.15) is 0 Å². The molecule has 24 heavy (non-hydrogen) atoms. The second kappa shape index (κ2) is 8.88. The van der Waals surface area contributed by atoms with Crippen LogP contribution >= 0.6 is 0 Å². The topological polar surface area (TPSA) is 75.5 Å². The predicted molar refractivity (Wildman–Crippen MR) is 83.7 cm³/mol. The Labute approximate surface area is 138 Å². The number of nitrogens with zero attached hydrogens (tertiary/aromatic N) is 1. The van der Waals surface area contributed by atoms with Crippen LogP contribution in [0.25, 0.3) is 0 Å². The van der Waals surface area contributed by atoms with Crippen molar-refractivity contribution in [2.24, 2.45) is 0 Å². The molecule has 1 aromatic heterocycles. The minimum atomic E-state index is -1.03. The highest BCUT2D eigenvalue weighted by Gasteiger charge is 2.09. The number of aliphatic hydroxyl groups is 1. The molecule has 1 unspecified atom stereocenters. The first kappa shape index (κ1) is 17.7. The minimum absolute atomic E-state index is 0.0287. The van der Waals surface area contributed by atoms with Gasteiger partial charge in [0.1, 0.15) is 18.5 Å². The molecular weight excluding hydrogens is 320 g/mol. The van der Waals surface area contributed by atoms with Crippen LogP contribution < -0.4 is 15.4 Å². The molecule has 8 heteroatoms. The summed E-state index contributed by atoms with van der Waals surface area (Å²) >= 11 is 0. The van der Waals surface area contributed by atoms with Crippen molar-refractivity contribution in [3.63, 3.8) is 0 Å². The van der Waals surface area contributed by atoms with Crippen LogP contribution in [0.5, 0.6) is 5.75 Å². The maximum Gasteiger partial charge on any atom is 0.314 e. The molecule has 0 spiro atoms. The normalized spacial score (nSPS) is 11.8. The Balaban J connectivity index is 1.60. The summed E-state index contributed by atoms with van der Waals surface area (Å²) in [4.78, 5) is 11.6. The maximum absolute atomic E-state index is 13.0. The van der Waals surface area contributed by atoms with E-state index in [1.807, 2.05) is 29.1 Å². The Kier molecular flexibility index (Phi) is 6.56. The van der Waals surface area contributed by atoms with Crippen molar-refractivity contribution in [3.8, 4) is 5.75 Å². The van der Waals surface area contributed by atoms with Gasteiger partial charge in [0, 0.05) is 38.1 Å². The highest BCUT2D eigenvalue weighted by molar-refractivity contribution is 5.73. The van der Waals surface area contributed by atoms with E-state index in [0.717, 1.165) is 12.1 Å². The van der Waals surface area contributed by atoms with Gasteiger partial charge in [0.05, 0.1) is 0 Å². The molecule has 6 nitrogen and oxygen atoms in total. The lowest BCUT2D eigenvalue weighted by molar-refractivity contribution is 0.107. The van der Waals surface area contributed by atoms with E-state index in [-0.39, 0.29) is 18.9 Å². The number of halogens is 2. The lowest BCUT2D eigenvalue weighted by atomic mass is 10.3. The first-order chi connectivity index (χ1) is 11.5. The predicted octanol–water partition coefficient (Wildman–Crippen LogP) is 1.51. The number of aromatic nitrogens is 1. The van der Waals surface area contributed by atoms with Crippen LogP contribution in [-0.2, 0) is 6.54 Å². The second-order valence-electron chi connectivity index (χ2n) is 5.10. The third-order valence-corrected chi connectivity index (χ3v) is 3.15. The molecule has 1 atom stereocenters. The molecule has 130 valence electrons. The smallest absolute Gasteiger partial charge is 0.314 e. The van der Waals surface area contributed by atoms with Crippen LogP contribution in [0.4, 0.5) is 13.6 Å². The summed E-state index contributed by atoms with van der Waals surface area (Å²) in [5.74, 6) is -1.90. The number of carbonyl (C=O) groups excluding carboxylic acids is 1. The molecule has 2 amide bonds. The Morgan fingerprint density at radius 2 is 1.96 bits per heavy atom. The second-order valence-corrected chi connectivity index (χ2v) is 5.10. The largest absolute Gasteiger partial charge is 0.491 e. The third kappa shape index (κ3) is 5.88. The third-order valence-electron chi connectivity index (χ3n) is 3.15. The van der Waals surface area contributed by atoms with Crippen molar-refractivity contribution in [1.29, 1.82) is 0 Å². The number of benzene rings is 1. The van der Waals surface area contributed by atoms with E-state index in [1.165, 1.54) is 6.07 Å². The number of hydrogen-bond donors (Lipinski definition) is 3. The summed E-state index contributed by atoms with van der Waals surface area (Å²) in [7, 11) is 0. The van der Waals surface area contributed by atoms with Gasteiger partial charge in [0.15, 0.2) is 11.6 Å². The molecular formula is C16H19F2N3O3. The van der Waals surface area contributed by atoms with Gasteiger partial charge in [0.2, 0.25) is 0 Å². The fraction of sp³-hybridized carbons (Fsp3) is 0.312. The first-order valence-corrected chi connectivity index (χ1v) is 7.43. The van der Waals surface area contributed by atoms with Gasteiger partial charge >= 0.3 is 6.03 Å². The number of nitrogens with one attached hydrogen (secondary N) is 2. The number of urea groups is 1. The van der Waals surface area contributed by atoms with E-state index < -0.39 is 23.8 Å². The summed E-state index contributed by atoms with van der Waals surface area (Å²) in [6.07, 6.45) is 2.80. The quantitative estimate of drug-likeness (QED) is 0.682. The number of hydrogen-bond acceptors (Lipinski definition) is 3. The number of amides is 2. The van der Waals surface area contributed by atoms with Crippen LogP contribution in [-0.4, -0.2) is 41.5 Å². The molecule has 1 heterocycles. The van der Waals surface area contributed by atoms with Crippen molar-refractivity contribution in [2.75, 3.05) is 19.7 Å². The van der Waals surface area contributed by atoms with E-state index in [0.29, 0.717) is 13.1 Å². The van der Waals surface area contributed by atoms with E-state index in [9.17, 15) is 18.7 Å². The standard InChI is InChI=1S/C16H19F2N3O3/c17-14-4-3-13(9-15(14)18)24-11-12(22)10-20-16(23)19-5-8-21-6-1-2-7-21/h1-4,6-7,9,12,22H,5,8,10-11H2,(H2,19,20,23). The average Bonchev–Trinajstić information content (AvgIpc) is 3.07. The Morgan fingerprint density at radius 1 is 1.21 bits per heavy atom. The fourth-order valence-corrected chi connectivity index (χ4v) is 1.91.